The van der Waals surface area contributed by atoms with Gasteiger partial charge in [-0.15, -0.1) is 0 Å². The van der Waals surface area contributed by atoms with Crippen LogP contribution in [0.1, 0.15) is 11.5 Å². The highest BCUT2D eigenvalue weighted by Crippen LogP contribution is 2.21. The number of hydrogen-bond donors (Lipinski definition) is 2. The standard InChI is InChI=1S/C11H16N4/c1-8-11(9-4-3-7-13-9)14-10(5-6-12)15(8)2/h3-4,7,13H,5-6,12H2,1-2H3. The Morgan fingerprint density at radius 1 is 1.53 bits per heavy atom. The van der Waals surface area contributed by atoms with E-state index in [1.54, 1.807) is 0 Å². The Bertz CT molecular complexity index is 439. The van der Waals surface area contributed by atoms with E-state index in [2.05, 4.69) is 21.5 Å². The van der Waals surface area contributed by atoms with Crippen molar-refractivity contribution >= 4 is 0 Å². The van der Waals surface area contributed by atoms with Crippen LogP contribution in [0.25, 0.3) is 11.4 Å². The van der Waals surface area contributed by atoms with E-state index in [0.29, 0.717) is 6.54 Å². The van der Waals surface area contributed by atoms with Crippen molar-refractivity contribution in [2.75, 3.05) is 6.54 Å². The van der Waals surface area contributed by atoms with E-state index in [-0.39, 0.29) is 0 Å². The molecular formula is C11H16N4. The normalized spacial score (nSPS) is 10.9. The SMILES string of the molecule is Cc1c(-c2ccc[nH]2)nc(CCN)n1C. The van der Waals surface area contributed by atoms with Crippen molar-refractivity contribution in [2.45, 2.75) is 13.3 Å². The molecule has 2 aromatic rings. The van der Waals surface area contributed by atoms with Gasteiger partial charge in [-0.1, -0.05) is 0 Å². The molecule has 0 aliphatic carbocycles. The van der Waals surface area contributed by atoms with Crippen molar-refractivity contribution in [1.82, 2.24) is 14.5 Å². The Morgan fingerprint density at radius 3 is 2.93 bits per heavy atom. The number of aromatic nitrogens is 3. The second-order valence-electron chi connectivity index (χ2n) is 3.64. The van der Waals surface area contributed by atoms with Crippen LogP contribution in [0.5, 0.6) is 0 Å². The van der Waals surface area contributed by atoms with E-state index in [1.807, 2.05) is 25.4 Å². The number of H-pyrrole nitrogens is 1. The van der Waals surface area contributed by atoms with Crippen LogP contribution in [0.2, 0.25) is 0 Å². The fourth-order valence-electron chi connectivity index (χ4n) is 1.72. The second kappa shape index (κ2) is 3.90. The van der Waals surface area contributed by atoms with Crippen molar-refractivity contribution in [3.8, 4) is 11.4 Å². The monoisotopic (exact) mass is 204 g/mol. The number of nitrogens with two attached hydrogens (primary N) is 1. The summed E-state index contributed by atoms with van der Waals surface area (Å²) in [4.78, 5) is 7.76. The van der Waals surface area contributed by atoms with Gasteiger partial charge in [0, 0.05) is 25.4 Å². The van der Waals surface area contributed by atoms with Gasteiger partial charge in [0.05, 0.1) is 5.69 Å². The van der Waals surface area contributed by atoms with Crippen molar-refractivity contribution in [2.24, 2.45) is 12.8 Å². The van der Waals surface area contributed by atoms with Gasteiger partial charge in [0.2, 0.25) is 0 Å². The van der Waals surface area contributed by atoms with Crippen LogP contribution in [0.15, 0.2) is 18.3 Å². The molecule has 4 heteroatoms. The van der Waals surface area contributed by atoms with Gasteiger partial charge < -0.3 is 15.3 Å². The summed E-state index contributed by atoms with van der Waals surface area (Å²) < 4.78 is 2.10. The van der Waals surface area contributed by atoms with Crippen LogP contribution in [0.3, 0.4) is 0 Å². The first kappa shape index (κ1) is 9.98. The van der Waals surface area contributed by atoms with Gasteiger partial charge in [0.1, 0.15) is 11.5 Å². The molecule has 0 saturated heterocycles. The highest BCUT2D eigenvalue weighted by molar-refractivity contribution is 5.57. The number of imidazole rings is 1. The Balaban J connectivity index is 2.45. The third-order valence-electron chi connectivity index (χ3n) is 2.69. The summed E-state index contributed by atoms with van der Waals surface area (Å²) in [7, 11) is 2.03. The fourth-order valence-corrected chi connectivity index (χ4v) is 1.72. The lowest BCUT2D eigenvalue weighted by molar-refractivity contribution is 0.761. The zero-order chi connectivity index (χ0) is 10.8. The molecule has 80 valence electrons. The maximum Gasteiger partial charge on any atom is 0.110 e. The quantitative estimate of drug-likeness (QED) is 0.789. The fraction of sp³-hybridized carbons (Fsp3) is 0.364. The van der Waals surface area contributed by atoms with Crippen molar-refractivity contribution < 1.29 is 0 Å². The Hall–Kier alpha value is -1.55. The van der Waals surface area contributed by atoms with Gasteiger partial charge in [0.15, 0.2) is 0 Å². The molecule has 2 rings (SSSR count). The molecule has 0 aliphatic heterocycles. The molecule has 0 aromatic carbocycles. The molecule has 0 spiro atoms. The van der Waals surface area contributed by atoms with Crippen LogP contribution in [0, 0.1) is 6.92 Å². The number of rotatable bonds is 3. The first-order valence-electron chi connectivity index (χ1n) is 5.10. The average Bonchev–Trinajstić information content (AvgIpc) is 2.82. The maximum atomic E-state index is 5.55. The van der Waals surface area contributed by atoms with Gasteiger partial charge in [-0.3, -0.25) is 0 Å². The minimum absolute atomic E-state index is 0.633. The summed E-state index contributed by atoms with van der Waals surface area (Å²) >= 11 is 0. The lowest BCUT2D eigenvalue weighted by atomic mass is 10.2. The van der Waals surface area contributed by atoms with Gasteiger partial charge in [0.25, 0.3) is 0 Å². The molecule has 0 atom stereocenters. The molecule has 0 radical (unpaired) electrons. The molecule has 15 heavy (non-hydrogen) atoms. The van der Waals surface area contributed by atoms with Gasteiger partial charge >= 0.3 is 0 Å². The van der Waals surface area contributed by atoms with Gasteiger partial charge in [-0.2, -0.15) is 0 Å². The first-order valence-corrected chi connectivity index (χ1v) is 5.10. The third kappa shape index (κ3) is 1.68. The second-order valence-corrected chi connectivity index (χ2v) is 3.64. The molecular weight excluding hydrogens is 188 g/mol. The van der Waals surface area contributed by atoms with E-state index in [0.717, 1.165) is 23.6 Å². The largest absolute Gasteiger partial charge is 0.360 e. The number of aromatic amines is 1. The predicted octanol–water partition coefficient (Wildman–Crippen LogP) is 1.22. The summed E-state index contributed by atoms with van der Waals surface area (Å²) in [5, 5.41) is 0. The minimum atomic E-state index is 0.633. The topological polar surface area (TPSA) is 59.6 Å². The molecule has 0 unspecified atom stereocenters. The van der Waals surface area contributed by atoms with Crippen LogP contribution in [-0.4, -0.2) is 21.1 Å². The smallest absolute Gasteiger partial charge is 0.110 e. The molecule has 0 amide bonds. The Labute approximate surface area is 89.1 Å². The molecule has 0 saturated carbocycles. The van der Waals surface area contributed by atoms with Crippen molar-refractivity contribution in [1.29, 1.82) is 0 Å². The summed E-state index contributed by atoms with van der Waals surface area (Å²) in [5.74, 6) is 1.04. The molecule has 4 nitrogen and oxygen atoms in total. The summed E-state index contributed by atoms with van der Waals surface area (Å²) in [6.07, 6.45) is 2.73. The van der Waals surface area contributed by atoms with E-state index in [1.165, 1.54) is 5.69 Å². The summed E-state index contributed by atoms with van der Waals surface area (Å²) in [6, 6.07) is 4.01. The molecule has 0 fully saturated rings. The van der Waals surface area contributed by atoms with E-state index in [9.17, 15) is 0 Å². The third-order valence-corrected chi connectivity index (χ3v) is 2.69. The molecule has 3 N–H and O–H groups in total. The first-order chi connectivity index (χ1) is 7.24. The molecule has 2 aromatic heterocycles. The van der Waals surface area contributed by atoms with Crippen LogP contribution in [0.4, 0.5) is 0 Å². The van der Waals surface area contributed by atoms with E-state index >= 15 is 0 Å². The summed E-state index contributed by atoms with van der Waals surface area (Å²) in [6.45, 7) is 2.71. The van der Waals surface area contributed by atoms with Crippen LogP contribution >= 0.6 is 0 Å². The lowest BCUT2D eigenvalue weighted by Crippen LogP contribution is -2.08. The maximum absolute atomic E-state index is 5.55. The van der Waals surface area contributed by atoms with Gasteiger partial charge in [-0.05, 0) is 25.6 Å². The van der Waals surface area contributed by atoms with Crippen molar-refractivity contribution in [3.05, 3.63) is 29.8 Å². The number of nitrogens with one attached hydrogen (secondary N) is 1. The summed E-state index contributed by atoms with van der Waals surface area (Å²) in [5.41, 5.74) is 8.79. The minimum Gasteiger partial charge on any atom is -0.360 e. The molecule has 0 aliphatic rings. The Morgan fingerprint density at radius 2 is 2.33 bits per heavy atom. The van der Waals surface area contributed by atoms with Crippen LogP contribution < -0.4 is 5.73 Å². The number of hydrogen-bond acceptors (Lipinski definition) is 2. The zero-order valence-electron chi connectivity index (χ0n) is 9.12. The number of nitrogens with zero attached hydrogens (tertiary/aromatic N) is 2. The highest BCUT2D eigenvalue weighted by atomic mass is 15.1. The predicted molar refractivity (Wildman–Crippen MR) is 60.5 cm³/mol. The van der Waals surface area contributed by atoms with Crippen LogP contribution in [-0.2, 0) is 13.5 Å². The lowest BCUT2D eigenvalue weighted by Gasteiger charge is -2.00. The average molecular weight is 204 g/mol. The highest BCUT2D eigenvalue weighted by Gasteiger charge is 2.12. The van der Waals surface area contributed by atoms with E-state index in [4.69, 9.17) is 5.73 Å². The Kier molecular flexibility index (Phi) is 2.60. The van der Waals surface area contributed by atoms with E-state index < -0.39 is 0 Å². The zero-order valence-corrected chi connectivity index (χ0v) is 9.12. The van der Waals surface area contributed by atoms with Crippen molar-refractivity contribution in [3.63, 3.8) is 0 Å². The molecule has 0 bridgehead atoms. The molecule has 2 heterocycles. The van der Waals surface area contributed by atoms with Gasteiger partial charge in [-0.25, -0.2) is 4.98 Å².